The van der Waals surface area contributed by atoms with E-state index >= 15 is 0 Å². The maximum atomic E-state index is 11.7. The fraction of sp³-hybridized carbons (Fsp3) is 0. The van der Waals surface area contributed by atoms with Crippen molar-refractivity contribution in [2.45, 2.75) is 0 Å². The van der Waals surface area contributed by atoms with Gasteiger partial charge in [-0.2, -0.15) is 4.98 Å². The lowest BCUT2D eigenvalue weighted by atomic mass is 10.0. The van der Waals surface area contributed by atoms with Gasteiger partial charge in [-0.15, -0.1) is 0 Å². The van der Waals surface area contributed by atoms with E-state index < -0.39 is 5.69 Å². The first-order valence-corrected chi connectivity index (χ1v) is 6.31. The van der Waals surface area contributed by atoms with Crippen molar-refractivity contribution in [2.75, 3.05) is 0 Å². The number of rotatable bonds is 2. The molecule has 5 heteroatoms. The number of carbonyl (C=O) groups excluding carboxylic acids is 1. The first-order valence-electron chi connectivity index (χ1n) is 5.94. The number of halogens is 1. The van der Waals surface area contributed by atoms with E-state index in [1.54, 1.807) is 12.1 Å². The normalized spacial score (nSPS) is 10.7. The van der Waals surface area contributed by atoms with Crippen molar-refractivity contribution >= 4 is 28.8 Å². The van der Waals surface area contributed by atoms with Crippen molar-refractivity contribution in [3.8, 4) is 11.3 Å². The predicted octanol–water partition coefficient (Wildman–Crippen LogP) is 3.06. The number of hydrogen-bond donors (Lipinski definition) is 1. The molecule has 0 radical (unpaired) electrons. The number of benzene rings is 2. The Morgan fingerprint density at radius 3 is 2.55 bits per heavy atom. The van der Waals surface area contributed by atoms with Gasteiger partial charge in [-0.05, 0) is 17.7 Å². The molecule has 3 rings (SSSR count). The highest BCUT2D eigenvalue weighted by Crippen LogP contribution is 2.31. The van der Waals surface area contributed by atoms with Crippen LogP contribution in [0.15, 0.2) is 47.3 Å². The molecule has 2 aromatic carbocycles. The first-order chi connectivity index (χ1) is 9.70. The van der Waals surface area contributed by atoms with Crippen LogP contribution in [0, 0.1) is 0 Å². The van der Waals surface area contributed by atoms with Gasteiger partial charge < -0.3 is 4.98 Å². The number of hydrogen-bond acceptors (Lipinski definition) is 3. The van der Waals surface area contributed by atoms with Crippen LogP contribution in [-0.4, -0.2) is 16.3 Å². The third kappa shape index (κ3) is 2.00. The summed E-state index contributed by atoms with van der Waals surface area (Å²) in [6.07, 6.45) is 0.667. The maximum absolute atomic E-state index is 11.7. The molecule has 4 nitrogen and oxygen atoms in total. The molecule has 0 fully saturated rings. The first kappa shape index (κ1) is 12.6. The molecule has 0 saturated carbocycles. The number of nitrogens with one attached hydrogen (secondary N) is 1. The zero-order valence-electron chi connectivity index (χ0n) is 10.3. The molecular weight excluding hydrogens is 276 g/mol. The Bertz CT molecular complexity index is 857. The summed E-state index contributed by atoms with van der Waals surface area (Å²) in [4.78, 5) is 29.4. The topological polar surface area (TPSA) is 62.8 Å². The molecule has 0 aliphatic rings. The highest BCUT2D eigenvalue weighted by molar-refractivity contribution is 6.36. The lowest BCUT2D eigenvalue weighted by Crippen LogP contribution is -2.12. The van der Waals surface area contributed by atoms with Crippen molar-refractivity contribution in [2.24, 2.45) is 0 Å². The molecule has 0 saturated heterocycles. The third-order valence-corrected chi connectivity index (χ3v) is 3.36. The predicted molar refractivity (Wildman–Crippen MR) is 78.2 cm³/mol. The number of aromatic amines is 1. The number of nitrogens with zero attached hydrogens (tertiary/aromatic N) is 1. The second-order valence-corrected chi connectivity index (χ2v) is 4.67. The highest BCUT2D eigenvalue weighted by atomic mass is 35.5. The van der Waals surface area contributed by atoms with Crippen LogP contribution in [0.5, 0.6) is 0 Å². The minimum atomic E-state index is -0.512. The quantitative estimate of drug-likeness (QED) is 0.736. The third-order valence-electron chi connectivity index (χ3n) is 3.04. The smallest absolute Gasteiger partial charge is 0.305 e. The Kier molecular flexibility index (Phi) is 3.08. The number of fused-ring (bicyclic) bond motifs is 1. The molecule has 1 N–H and O–H groups in total. The molecule has 0 aliphatic heterocycles. The van der Waals surface area contributed by atoms with Gasteiger partial charge in [-0.1, -0.05) is 41.9 Å². The molecule has 0 unspecified atom stereocenters. The summed E-state index contributed by atoms with van der Waals surface area (Å²) in [6.45, 7) is 0. The van der Waals surface area contributed by atoms with Gasteiger partial charge in [0.2, 0.25) is 0 Å². The second-order valence-electron chi connectivity index (χ2n) is 4.26. The zero-order chi connectivity index (χ0) is 14.1. The van der Waals surface area contributed by atoms with Crippen molar-refractivity contribution < 1.29 is 4.79 Å². The fourth-order valence-corrected chi connectivity index (χ4v) is 2.40. The molecule has 0 spiro atoms. The van der Waals surface area contributed by atoms with Crippen LogP contribution in [-0.2, 0) is 0 Å². The van der Waals surface area contributed by atoms with Crippen LogP contribution < -0.4 is 5.69 Å². The average Bonchev–Trinajstić information content (AvgIpc) is 2.47. The van der Waals surface area contributed by atoms with Gasteiger partial charge in [-0.25, -0.2) is 4.79 Å². The Morgan fingerprint density at radius 1 is 1.10 bits per heavy atom. The lowest BCUT2D eigenvalue weighted by molar-refractivity contribution is 0.112. The summed E-state index contributed by atoms with van der Waals surface area (Å²) in [5, 5.41) is 1.01. The molecule has 1 heterocycles. The van der Waals surface area contributed by atoms with Crippen molar-refractivity contribution in [1.29, 1.82) is 0 Å². The molecule has 0 aliphatic carbocycles. The number of aromatic nitrogens is 2. The van der Waals surface area contributed by atoms with Crippen LogP contribution in [0.4, 0.5) is 0 Å². The van der Waals surface area contributed by atoms with Crippen LogP contribution in [0.25, 0.3) is 22.2 Å². The Labute approximate surface area is 119 Å². The Balaban J connectivity index is 2.50. The molecule has 0 amide bonds. The molecule has 3 aromatic rings. The molecule has 20 heavy (non-hydrogen) atoms. The zero-order valence-corrected chi connectivity index (χ0v) is 11.0. The van der Waals surface area contributed by atoms with E-state index in [0.717, 1.165) is 5.56 Å². The minimum absolute atomic E-state index is 0.315. The summed E-state index contributed by atoms with van der Waals surface area (Å²) in [5.74, 6) is 0. The SMILES string of the molecule is O=Cc1ccc(Cl)c2c(-c3ccccc3)[nH]c(=O)nc12. The van der Waals surface area contributed by atoms with E-state index in [0.29, 0.717) is 33.5 Å². The highest BCUT2D eigenvalue weighted by Gasteiger charge is 2.13. The van der Waals surface area contributed by atoms with Gasteiger partial charge in [0, 0.05) is 10.9 Å². The fourth-order valence-electron chi connectivity index (χ4n) is 2.16. The van der Waals surface area contributed by atoms with Crippen molar-refractivity contribution in [1.82, 2.24) is 9.97 Å². The summed E-state index contributed by atoms with van der Waals surface area (Å²) in [7, 11) is 0. The van der Waals surface area contributed by atoms with Gasteiger partial charge in [0.1, 0.15) is 0 Å². The van der Waals surface area contributed by atoms with Crippen LogP contribution in [0.2, 0.25) is 5.02 Å². The van der Waals surface area contributed by atoms with Gasteiger partial charge in [-0.3, -0.25) is 4.79 Å². The molecule has 0 atom stereocenters. The summed E-state index contributed by atoms with van der Waals surface area (Å²) >= 11 is 6.22. The average molecular weight is 285 g/mol. The van der Waals surface area contributed by atoms with Gasteiger partial charge in [0.05, 0.1) is 16.2 Å². The molecule has 1 aromatic heterocycles. The second kappa shape index (κ2) is 4.90. The summed E-state index contributed by atoms with van der Waals surface area (Å²) < 4.78 is 0. The number of carbonyl (C=O) groups is 1. The largest absolute Gasteiger partial charge is 0.346 e. The number of aldehydes is 1. The van der Waals surface area contributed by atoms with E-state index in [1.165, 1.54) is 0 Å². The number of H-pyrrole nitrogens is 1. The standard InChI is InChI=1S/C15H9ClN2O2/c16-11-7-6-10(8-19)14-12(11)13(17-15(20)18-14)9-4-2-1-3-5-9/h1-8H,(H,17,18,20). The monoisotopic (exact) mass is 284 g/mol. The minimum Gasteiger partial charge on any atom is -0.305 e. The van der Waals surface area contributed by atoms with E-state index in [-0.39, 0.29) is 0 Å². The van der Waals surface area contributed by atoms with Crippen molar-refractivity contribution in [3.63, 3.8) is 0 Å². The van der Waals surface area contributed by atoms with Crippen LogP contribution in [0.3, 0.4) is 0 Å². The molecule has 98 valence electrons. The van der Waals surface area contributed by atoms with Crippen LogP contribution >= 0.6 is 11.6 Å². The van der Waals surface area contributed by atoms with Crippen LogP contribution in [0.1, 0.15) is 10.4 Å². The maximum Gasteiger partial charge on any atom is 0.346 e. The Morgan fingerprint density at radius 2 is 1.85 bits per heavy atom. The lowest BCUT2D eigenvalue weighted by Gasteiger charge is -2.08. The van der Waals surface area contributed by atoms with Crippen molar-refractivity contribution in [3.05, 3.63) is 63.5 Å². The summed E-state index contributed by atoms with van der Waals surface area (Å²) in [5.41, 5.74) is 1.51. The van der Waals surface area contributed by atoms with E-state index in [2.05, 4.69) is 9.97 Å². The summed E-state index contributed by atoms with van der Waals surface area (Å²) in [6, 6.07) is 12.5. The Hall–Kier alpha value is -2.46. The molecular formula is C15H9ClN2O2. The van der Waals surface area contributed by atoms with Gasteiger partial charge in [0.25, 0.3) is 0 Å². The van der Waals surface area contributed by atoms with Gasteiger partial charge in [0.15, 0.2) is 6.29 Å². The van der Waals surface area contributed by atoms with Gasteiger partial charge >= 0.3 is 5.69 Å². The van der Waals surface area contributed by atoms with E-state index in [1.807, 2.05) is 30.3 Å². The molecule has 0 bridgehead atoms. The van der Waals surface area contributed by atoms with E-state index in [9.17, 15) is 9.59 Å². The van der Waals surface area contributed by atoms with E-state index in [4.69, 9.17) is 11.6 Å².